The first kappa shape index (κ1) is 14.1. The van der Waals surface area contributed by atoms with E-state index in [4.69, 9.17) is 0 Å². The molecule has 2 N–H and O–H groups in total. The molecule has 3 rings (SSSR count). The molecule has 2 atom stereocenters. The highest BCUT2D eigenvalue weighted by Crippen LogP contribution is 2.33. The van der Waals surface area contributed by atoms with E-state index >= 15 is 0 Å². The summed E-state index contributed by atoms with van der Waals surface area (Å²) in [5, 5.41) is 5.75. The van der Waals surface area contributed by atoms with Gasteiger partial charge >= 0.3 is 0 Å². The molecule has 2 unspecified atom stereocenters. The molecule has 1 aliphatic heterocycles. The molecule has 5 heteroatoms. The van der Waals surface area contributed by atoms with Gasteiger partial charge in [-0.3, -0.25) is 14.9 Å². The van der Waals surface area contributed by atoms with Gasteiger partial charge in [-0.2, -0.15) is 0 Å². The maximum absolute atomic E-state index is 12.6. The number of rotatable bonds is 2. The van der Waals surface area contributed by atoms with Gasteiger partial charge in [-0.1, -0.05) is 24.3 Å². The van der Waals surface area contributed by atoms with Crippen molar-refractivity contribution in [3.8, 4) is 0 Å². The Morgan fingerprint density at radius 3 is 2.90 bits per heavy atom. The fourth-order valence-corrected chi connectivity index (χ4v) is 3.27. The van der Waals surface area contributed by atoms with Crippen molar-refractivity contribution in [2.24, 2.45) is 0 Å². The summed E-state index contributed by atoms with van der Waals surface area (Å²) < 4.78 is 0. The van der Waals surface area contributed by atoms with Crippen LogP contribution in [0.1, 0.15) is 30.0 Å². The maximum atomic E-state index is 12.6. The second kappa shape index (κ2) is 5.85. The summed E-state index contributed by atoms with van der Waals surface area (Å²) in [7, 11) is 1.87. The van der Waals surface area contributed by atoms with Crippen molar-refractivity contribution in [1.29, 1.82) is 0 Å². The fraction of sp³-hybridized carbons (Fsp3) is 0.500. The molecular formula is C16H21N3O2. The average molecular weight is 287 g/mol. The smallest absolute Gasteiger partial charge is 0.241 e. The normalized spacial score (nSPS) is 24.9. The standard InChI is InChI=1S/C16H21N3O2/c1-19(16(21)13-9-18-15(20)10-17-13)14-8-4-6-11-5-2-3-7-12(11)14/h2-3,5,7,13-14,17H,4,6,8-10H2,1H3,(H,18,20). The number of amides is 2. The van der Waals surface area contributed by atoms with Crippen LogP contribution >= 0.6 is 0 Å². The zero-order chi connectivity index (χ0) is 14.8. The van der Waals surface area contributed by atoms with Gasteiger partial charge in [-0.05, 0) is 30.4 Å². The van der Waals surface area contributed by atoms with E-state index in [1.54, 1.807) is 0 Å². The minimum Gasteiger partial charge on any atom is -0.353 e. The highest BCUT2D eigenvalue weighted by Gasteiger charge is 2.32. The number of aryl methyl sites for hydroxylation is 1. The van der Waals surface area contributed by atoms with Gasteiger partial charge in [0.25, 0.3) is 0 Å². The Balaban J connectivity index is 1.75. The predicted molar refractivity (Wildman–Crippen MR) is 79.7 cm³/mol. The van der Waals surface area contributed by atoms with E-state index in [9.17, 15) is 9.59 Å². The van der Waals surface area contributed by atoms with Crippen molar-refractivity contribution >= 4 is 11.8 Å². The molecule has 2 amide bonds. The first-order chi connectivity index (χ1) is 10.2. The number of fused-ring (bicyclic) bond motifs is 1. The summed E-state index contributed by atoms with van der Waals surface area (Å²) in [6, 6.07) is 8.19. The van der Waals surface area contributed by atoms with Gasteiger partial charge in [0.2, 0.25) is 11.8 Å². The molecule has 1 aromatic carbocycles. The van der Waals surface area contributed by atoms with Crippen LogP contribution in [0.25, 0.3) is 0 Å². The van der Waals surface area contributed by atoms with Crippen molar-refractivity contribution in [3.63, 3.8) is 0 Å². The van der Waals surface area contributed by atoms with Crippen molar-refractivity contribution in [2.45, 2.75) is 31.3 Å². The van der Waals surface area contributed by atoms with Crippen LogP contribution in [0.15, 0.2) is 24.3 Å². The molecule has 0 radical (unpaired) electrons. The van der Waals surface area contributed by atoms with Crippen molar-refractivity contribution in [1.82, 2.24) is 15.5 Å². The molecule has 1 aromatic rings. The lowest BCUT2D eigenvalue weighted by Gasteiger charge is -2.36. The summed E-state index contributed by atoms with van der Waals surface area (Å²) in [5.74, 6) is 0.00131. The number of carbonyl (C=O) groups excluding carboxylic acids is 2. The third-order valence-corrected chi connectivity index (χ3v) is 4.46. The predicted octanol–water partition coefficient (Wildman–Crippen LogP) is 0.610. The molecule has 1 saturated heterocycles. The van der Waals surface area contributed by atoms with Crippen LogP contribution in [0.2, 0.25) is 0 Å². The number of nitrogens with zero attached hydrogens (tertiary/aromatic N) is 1. The zero-order valence-electron chi connectivity index (χ0n) is 12.3. The summed E-state index contributed by atoms with van der Waals surface area (Å²) >= 11 is 0. The van der Waals surface area contributed by atoms with E-state index in [-0.39, 0.29) is 30.4 Å². The molecule has 1 fully saturated rings. The third kappa shape index (κ3) is 2.78. The second-order valence-corrected chi connectivity index (χ2v) is 5.79. The number of hydrogen-bond acceptors (Lipinski definition) is 3. The Kier molecular flexibility index (Phi) is 3.92. The lowest BCUT2D eigenvalue weighted by molar-refractivity contribution is -0.136. The Morgan fingerprint density at radius 1 is 1.33 bits per heavy atom. The van der Waals surface area contributed by atoms with Crippen LogP contribution in [0.3, 0.4) is 0 Å². The van der Waals surface area contributed by atoms with E-state index < -0.39 is 0 Å². The molecule has 1 heterocycles. The molecule has 21 heavy (non-hydrogen) atoms. The van der Waals surface area contributed by atoms with Gasteiger partial charge in [0.1, 0.15) is 6.04 Å². The quantitative estimate of drug-likeness (QED) is 0.838. The minimum atomic E-state index is -0.318. The topological polar surface area (TPSA) is 61.4 Å². The number of nitrogens with one attached hydrogen (secondary N) is 2. The maximum Gasteiger partial charge on any atom is 0.241 e. The van der Waals surface area contributed by atoms with Crippen LogP contribution < -0.4 is 10.6 Å². The molecule has 0 saturated carbocycles. The number of benzene rings is 1. The van der Waals surface area contributed by atoms with Gasteiger partial charge in [-0.25, -0.2) is 0 Å². The van der Waals surface area contributed by atoms with Gasteiger partial charge in [-0.15, -0.1) is 0 Å². The SMILES string of the molecule is CN(C(=O)C1CNC(=O)CN1)C1CCCc2ccccc21. The van der Waals surface area contributed by atoms with Gasteiger partial charge in [0.15, 0.2) is 0 Å². The van der Waals surface area contributed by atoms with Gasteiger partial charge in [0, 0.05) is 13.6 Å². The van der Waals surface area contributed by atoms with E-state index in [0.717, 1.165) is 19.3 Å². The van der Waals surface area contributed by atoms with E-state index in [0.29, 0.717) is 6.54 Å². The van der Waals surface area contributed by atoms with Crippen molar-refractivity contribution in [3.05, 3.63) is 35.4 Å². The zero-order valence-corrected chi connectivity index (χ0v) is 12.3. The molecule has 0 spiro atoms. The van der Waals surface area contributed by atoms with E-state index in [1.807, 2.05) is 18.0 Å². The molecule has 1 aliphatic carbocycles. The Morgan fingerprint density at radius 2 is 2.14 bits per heavy atom. The molecular weight excluding hydrogens is 266 g/mol. The Hall–Kier alpha value is -1.88. The molecule has 0 aromatic heterocycles. The lowest BCUT2D eigenvalue weighted by Crippen LogP contribution is -2.58. The molecule has 112 valence electrons. The number of hydrogen-bond donors (Lipinski definition) is 2. The number of likely N-dealkylation sites (N-methyl/N-ethyl adjacent to an activating group) is 1. The van der Waals surface area contributed by atoms with Gasteiger partial charge in [0.05, 0.1) is 12.6 Å². The first-order valence-corrected chi connectivity index (χ1v) is 7.51. The van der Waals surface area contributed by atoms with Crippen LogP contribution in [0.4, 0.5) is 0 Å². The van der Waals surface area contributed by atoms with E-state index in [1.165, 1.54) is 11.1 Å². The van der Waals surface area contributed by atoms with Crippen LogP contribution in [0, 0.1) is 0 Å². The van der Waals surface area contributed by atoms with Crippen LogP contribution in [0.5, 0.6) is 0 Å². The van der Waals surface area contributed by atoms with Gasteiger partial charge < -0.3 is 10.2 Å². The highest BCUT2D eigenvalue weighted by atomic mass is 16.2. The largest absolute Gasteiger partial charge is 0.353 e. The second-order valence-electron chi connectivity index (χ2n) is 5.79. The lowest BCUT2D eigenvalue weighted by atomic mass is 9.87. The van der Waals surface area contributed by atoms with Crippen molar-refractivity contribution in [2.75, 3.05) is 20.1 Å². The Bertz CT molecular complexity index is 548. The van der Waals surface area contributed by atoms with Crippen molar-refractivity contribution < 1.29 is 9.59 Å². The Labute approximate surface area is 124 Å². The highest BCUT2D eigenvalue weighted by molar-refractivity contribution is 5.87. The first-order valence-electron chi connectivity index (χ1n) is 7.51. The molecule has 0 bridgehead atoms. The fourth-order valence-electron chi connectivity index (χ4n) is 3.27. The number of carbonyl (C=O) groups is 2. The van der Waals surface area contributed by atoms with E-state index in [2.05, 4.69) is 28.8 Å². The summed E-state index contributed by atoms with van der Waals surface area (Å²) in [5.41, 5.74) is 2.61. The summed E-state index contributed by atoms with van der Waals surface area (Å²) in [4.78, 5) is 25.6. The minimum absolute atomic E-state index is 0.0512. The average Bonchev–Trinajstić information content (AvgIpc) is 2.53. The number of piperazine rings is 1. The summed E-state index contributed by atoms with van der Waals surface area (Å²) in [6.07, 6.45) is 3.19. The summed E-state index contributed by atoms with van der Waals surface area (Å²) in [6.45, 7) is 0.585. The molecule has 5 nitrogen and oxygen atoms in total. The van der Waals surface area contributed by atoms with Crippen LogP contribution in [-0.2, 0) is 16.0 Å². The monoisotopic (exact) mass is 287 g/mol. The third-order valence-electron chi connectivity index (χ3n) is 4.46. The molecule has 2 aliphatic rings. The van der Waals surface area contributed by atoms with Crippen LogP contribution in [-0.4, -0.2) is 42.9 Å².